The van der Waals surface area contributed by atoms with E-state index >= 15 is 0 Å². The molecule has 204 valence electrons. The van der Waals surface area contributed by atoms with Crippen molar-refractivity contribution in [3.8, 4) is 0 Å². The minimum atomic E-state index is -4.23. The van der Waals surface area contributed by atoms with Crippen molar-refractivity contribution in [1.29, 1.82) is 0 Å². The summed E-state index contributed by atoms with van der Waals surface area (Å²) in [5.41, 5.74) is 2.77. The van der Waals surface area contributed by atoms with E-state index in [2.05, 4.69) is 0 Å². The molecule has 8 nitrogen and oxygen atoms in total. The summed E-state index contributed by atoms with van der Waals surface area (Å²) >= 11 is 0. The van der Waals surface area contributed by atoms with Crippen LogP contribution in [0, 0.1) is 13.8 Å². The van der Waals surface area contributed by atoms with Gasteiger partial charge in [-0.05, 0) is 62.9 Å². The van der Waals surface area contributed by atoms with E-state index < -0.39 is 32.3 Å². The standard InChI is InChI=1S/C28H32O8S2/c1-22-11-15-25(16-12-22)37(30,31)35-20-7-6-10-27(28(29)34-21-19-24-8-4-3-5-9-24)36-38(32,33)26-17-13-23(2)14-18-26/h3-5,8-9,11-18,27H,6-7,10,19-21H2,1-2H3. The molecule has 0 heterocycles. The molecule has 0 aliphatic carbocycles. The van der Waals surface area contributed by atoms with Crippen molar-refractivity contribution in [1.82, 2.24) is 0 Å². The molecule has 0 spiro atoms. The number of ether oxygens (including phenoxy) is 1. The first-order valence-electron chi connectivity index (χ1n) is 12.2. The maximum absolute atomic E-state index is 12.8. The van der Waals surface area contributed by atoms with Crippen LogP contribution < -0.4 is 0 Å². The zero-order valence-corrected chi connectivity index (χ0v) is 23.0. The van der Waals surface area contributed by atoms with Crippen LogP contribution in [0.15, 0.2) is 88.7 Å². The van der Waals surface area contributed by atoms with Crippen LogP contribution >= 0.6 is 0 Å². The molecular formula is C28H32O8S2. The number of unbranched alkanes of at least 4 members (excludes halogenated alkanes) is 1. The lowest BCUT2D eigenvalue weighted by Crippen LogP contribution is -2.30. The highest BCUT2D eigenvalue weighted by molar-refractivity contribution is 7.87. The molecule has 0 saturated carbocycles. The third kappa shape index (κ3) is 9.05. The van der Waals surface area contributed by atoms with Gasteiger partial charge in [0.15, 0.2) is 6.10 Å². The summed E-state index contributed by atoms with van der Waals surface area (Å²) in [4.78, 5) is 12.8. The minimum absolute atomic E-state index is 0.00318. The monoisotopic (exact) mass is 560 g/mol. The van der Waals surface area contributed by atoms with Crippen LogP contribution in [0.2, 0.25) is 0 Å². The van der Waals surface area contributed by atoms with Crippen molar-refractivity contribution >= 4 is 26.2 Å². The summed E-state index contributed by atoms with van der Waals surface area (Å²) in [5.74, 6) is -0.801. The second kappa shape index (κ2) is 13.7. The van der Waals surface area contributed by atoms with E-state index in [1.807, 2.05) is 44.2 Å². The highest BCUT2D eigenvalue weighted by atomic mass is 32.2. The average Bonchev–Trinajstić information content (AvgIpc) is 2.89. The topological polar surface area (TPSA) is 113 Å². The summed E-state index contributed by atoms with van der Waals surface area (Å²) in [5, 5.41) is 0. The van der Waals surface area contributed by atoms with Gasteiger partial charge < -0.3 is 4.74 Å². The van der Waals surface area contributed by atoms with Gasteiger partial charge in [0.05, 0.1) is 23.0 Å². The summed E-state index contributed by atoms with van der Waals surface area (Å²) in [6.07, 6.45) is -0.387. The van der Waals surface area contributed by atoms with Crippen molar-refractivity contribution in [3.05, 3.63) is 95.6 Å². The van der Waals surface area contributed by atoms with E-state index in [4.69, 9.17) is 13.1 Å². The van der Waals surface area contributed by atoms with Crippen LogP contribution in [0.5, 0.6) is 0 Å². The van der Waals surface area contributed by atoms with Gasteiger partial charge in [-0.15, -0.1) is 0 Å². The first kappa shape index (κ1) is 29.5. The van der Waals surface area contributed by atoms with Crippen LogP contribution in [0.4, 0.5) is 0 Å². The van der Waals surface area contributed by atoms with Crippen molar-refractivity contribution in [2.45, 2.75) is 55.4 Å². The summed E-state index contributed by atoms with van der Waals surface area (Å²) < 4.78 is 66.1. The Bertz CT molecular complexity index is 1380. The van der Waals surface area contributed by atoms with Crippen LogP contribution in [0.3, 0.4) is 0 Å². The minimum Gasteiger partial charge on any atom is -0.463 e. The molecule has 0 fully saturated rings. The van der Waals surface area contributed by atoms with E-state index in [0.29, 0.717) is 6.42 Å². The van der Waals surface area contributed by atoms with E-state index in [1.54, 1.807) is 24.3 Å². The molecule has 0 aliphatic rings. The van der Waals surface area contributed by atoms with Crippen molar-refractivity contribution in [3.63, 3.8) is 0 Å². The molecule has 3 rings (SSSR count). The quantitative estimate of drug-likeness (QED) is 0.158. The molecule has 0 aromatic heterocycles. The van der Waals surface area contributed by atoms with Gasteiger partial charge in [0, 0.05) is 6.42 Å². The number of benzene rings is 3. The lowest BCUT2D eigenvalue weighted by atomic mass is 10.1. The van der Waals surface area contributed by atoms with Crippen LogP contribution in [-0.2, 0) is 44.6 Å². The lowest BCUT2D eigenvalue weighted by molar-refractivity contribution is -0.152. The summed E-state index contributed by atoms with van der Waals surface area (Å²) in [6, 6.07) is 21.8. The Morgan fingerprint density at radius 3 is 1.84 bits per heavy atom. The van der Waals surface area contributed by atoms with Crippen LogP contribution in [0.1, 0.15) is 36.0 Å². The molecule has 3 aromatic rings. The van der Waals surface area contributed by atoms with Gasteiger partial charge in [0.2, 0.25) is 0 Å². The lowest BCUT2D eigenvalue weighted by Gasteiger charge is -2.17. The van der Waals surface area contributed by atoms with Crippen molar-refractivity contribution in [2.24, 2.45) is 0 Å². The first-order chi connectivity index (χ1) is 18.1. The second-order valence-corrected chi connectivity index (χ2v) is 12.0. The van der Waals surface area contributed by atoms with E-state index in [9.17, 15) is 21.6 Å². The molecule has 0 bridgehead atoms. The van der Waals surface area contributed by atoms with Gasteiger partial charge >= 0.3 is 5.97 Å². The molecule has 1 atom stereocenters. The second-order valence-electron chi connectivity index (χ2n) is 8.84. The number of carbonyl (C=O) groups excluding carboxylic acids is 1. The molecule has 38 heavy (non-hydrogen) atoms. The highest BCUT2D eigenvalue weighted by Gasteiger charge is 2.28. The molecule has 0 aliphatic heterocycles. The van der Waals surface area contributed by atoms with Crippen LogP contribution in [0.25, 0.3) is 0 Å². The smallest absolute Gasteiger partial charge is 0.336 e. The van der Waals surface area contributed by atoms with Gasteiger partial charge in [-0.2, -0.15) is 16.8 Å². The maximum Gasteiger partial charge on any atom is 0.336 e. The molecule has 0 amide bonds. The maximum atomic E-state index is 12.8. The Hall–Kier alpha value is -3.05. The Kier molecular flexibility index (Phi) is 10.6. The number of esters is 1. The number of aryl methyl sites for hydroxylation is 2. The zero-order chi connectivity index (χ0) is 27.6. The molecule has 1 unspecified atom stereocenters. The Labute approximate surface area is 224 Å². The molecule has 0 radical (unpaired) electrons. The first-order valence-corrected chi connectivity index (χ1v) is 15.0. The molecular weight excluding hydrogens is 528 g/mol. The van der Waals surface area contributed by atoms with E-state index in [1.165, 1.54) is 24.3 Å². The van der Waals surface area contributed by atoms with Gasteiger partial charge in [-0.1, -0.05) is 65.7 Å². The highest BCUT2D eigenvalue weighted by Crippen LogP contribution is 2.20. The number of hydrogen-bond acceptors (Lipinski definition) is 8. The van der Waals surface area contributed by atoms with E-state index in [-0.39, 0.29) is 42.3 Å². The SMILES string of the molecule is Cc1ccc(S(=O)(=O)OCCCCC(OS(=O)(=O)c2ccc(C)cc2)C(=O)OCCc2ccccc2)cc1. The summed E-state index contributed by atoms with van der Waals surface area (Å²) in [7, 11) is -8.15. The molecule has 3 aromatic carbocycles. The fraction of sp³-hybridized carbons (Fsp3) is 0.321. The number of rotatable bonds is 14. The largest absolute Gasteiger partial charge is 0.463 e. The van der Waals surface area contributed by atoms with Crippen LogP contribution in [-0.4, -0.2) is 42.1 Å². The average molecular weight is 561 g/mol. The predicted molar refractivity (Wildman–Crippen MR) is 143 cm³/mol. The molecule has 0 saturated heterocycles. The van der Waals surface area contributed by atoms with Gasteiger partial charge in [-0.25, -0.2) is 4.79 Å². The Balaban J connectivity index is 1.59. The Morgan fingerprint density at radius 2 is 1.26 bits per heavy atom. The third-order valence-corrected chi connectivity index (χ3v) is 8.36. The fourth-order valence-corrected chi connectivity index (χ4v) is 5.50. The molecule has 10 heteroatoms. The number of hydrogen-bond donors (Lipinski definition) is 0. The predicted octanol–water partition coefficient (Wildman–Crippen LogP) is 4.74. The Morgan fingerprint density at radius 1 is 0.711 bits per heavy atom. The fourth-order valence-electron chi connectivity index (χ4n) is 3.50. The zero-order valence-electron chi connectivity index (χ0n) is 21.4. The van der Waals surface area contributed by atoms with E-state index in [0.717, 1.165) is 16.7 Å². The van der Waals surface area contributed by atoms with Gasteiger partial charge in [-0.3, -0.25) is 8.37 Å². The van der Waals surface area contributed by atoms with Gasteiger partial charge in [0.1, 0.15) is 0 Å². The van der Waals surface area contributed by atoms with Crippen molar-refractivity contribution < 1.29 is 34.7 Å². The van der Waals surface area contributed by atoms with Gasteiger partial charge in [0.25, 0.3) is 20.2 Å². The number of carbonyl (C=O) groups is 1. The third-order valence-electron chi connectivity index (χ3n) is 5.70. The molecule has 0 N–H and O–H groups in total. The summed E-state index contributed by atoms with van der Waals surface area (Å²) in [6.45, 7) is 3.61. The normalized spacial score (nSPS) is 12.7. The van der Waals surface area contributed by atoms with Crippen molar-refractivity contribution in [2.75, 3.05) is 13.2 Å².